The lowest BCUT2D eigenvalue weighted by molar-refractivity contribution is -0.132. The van der Waals surface area contributed by atoms with Crippen LogP contribution in [0.2, 0.25) is 10.0 Å². The summed E-state index contributed by atoms with van der Waals surface area (Å²) in [6, 6.07) is 7.13. The van der Waals surface area contributed by atoms with Gasteiger partial charge in [0.25, 0.3) is 0 Å². The monoisotopic (exact) mass is 367 g/mol. The van der Waals surface area contributed by atoms with Gasteiger partial charge >= 0.3 is 0 Å². The highest BCUT2D eigenvalue weighted by Crippen LogP contribution is 2.29. The number of aryl methyl sites for hydroxylation is 1. The Bertz CT molecular complexity index is 748. The van der Waals surface area contributed by atoms with Crippen LogP contribution in [0, 0.1) is 0 Å². The third-order valence-electron chi connectivity index (χ3n) is 4.09. The first kappa shape index (κ1) is 17.2. The van der Waals surface area contributed by atoms with Crippen LogP contribution in [-0.4, -0.2) is 33.7 Å². The highest BCUT2D eigenvalue weighted by molar-refractivity contribution is 6.42. The minimum absolute atomic E-state index is 0.0111. The van der Waals surface area contributed by atoms with Gasteiger partial charge in [-0.15, -0.1) is 0 Å². The maximum Gasteiger partial charge on any atom is 0.241 e. The molecule has 1 aliphatic heterocycles. The summed E-state index contributed by atoms with van der Waals surface area (Å²) >= 11 is 12.0. The van der Waals surface area contributed by atoms with E-state index in [1.165, 1.54) is 0 Å². The Morgan fingerprint density at radius 3 is 2.79 bits per heavy atom. The van der Waals surface area contributed by atoms with Gasteiger partial charge in [0.1, 0.15) is 6.04 Å². The summed E-state index contributed by atoms with van der Waals surface area (Å²) in [5.74, 6) is 0.0238. The van der Waals surface area contributed by atoms with E-state index in [4.69, 9.17) is 23.2 Å². The molecule has 1 aliphatic rings. The van der Waals surface area contributed by atoms with Crippen LogP contribution in [-0.2, 0) is 18.4 Å². The van der Waals surface area contributed by atoms with Crippen molar-refractivity contribution in [2.24, 2.45) is 7.05 Å². The van der Waals surface area contributed by atoms with Crippen molar-refractivity contribution in [2.45, 2.75) is 25.0 Å². The molecule has 0 bridgehead atoms. The number of benzene rings is 1. The third-order valence-corrected chi connectivity index (χ3v) is 4.83. The van der Waals surface area contributed by atoms with E-state index in [0.717, 1.165) is 11.3 Å². The van der Waals surface area contributed by atoms with Gasteiger partial charge < -0.3 is 4.90 Å². The molecule has 2 heterocycles. The topological polar surface area (TPSA) is 62.2 Å². The molecule has 1 aromatic carbocycles. The normalized spacial score (nSPS) is 20.3. The maximum absolute atomic E-state index is 12.6. The van der Waals surface area contributed by atoms with Gasteiger partial charge in [-0.05, 0) is 30.2 Å². The van der Waals surface area contributed by atoms with Crippen molar-refractivity contribution in [3.8, 4) is 0 Å². The van der Waals surface area contributed by atoms with E-state index in [9.17, 15) is 4.79 Å². The van der Waals surface area contributed by atoms with E-state index in [-0.39, 0.29) is 18.0 Å². The second-order valence-electron chi connectivity index (χ2n) is 5.98. The van der Waals surface area contributed by atoms with E-state index in [0.29, 0.717) is 23.0 Å². The fourth-order valence-corrected chi connectivity index (χ4v) is 3.11. The summed E-state index contributed by atoms with van der Waals surface area (Å²) in [5.41, 5.74) is 8.08. The van der Waals surface area contributed by atoms with Gasteiger partial charge in [0.15, 0.2) is 0 Å². The van der Waals surface area contributed by atoms with Crippen LogP contribution in [0.1, 0.15) is 23.7 Å². The Morgan fingerprint density at radius 1 is 1.33 bits per heavy atom. The summed E-state index contributed by atoms with van der Waals surface area (Å²) in [6.07, 6.45) is 2.51. The van der Waals surface area contributed by atoms with Crippen LogP contribution in [0.5, 0.6) is 0 Å². The molecule has 0 saturated carbocycles. The quantitative estimate of drug-likeness (QED) is 0.870. The number of carbonyl (C=O) groups excluding carboxylic acids is 1. The standard InChI is InChI=1S/C16H19Cl2N5O/c1-22(9-11-5-6-23(2)21-11)16(24)15-8-14(19-20-15)10-3-4-12(17)13(18)7-10/h3-7,14-15,19-20H,8-9H2,1-2H3. The molecule has 24 heavy (non-hydrogen) atoms. The number of halogens is 2. The van der Waals surface area contributed by atoms with Crippen molar-refractivity contribution in [2.75, 3.05) is 7.05 Å². The zero-order valence-electron chi connectivity index (χ0n) is 13.5. The Balaban J connectivity index is 1.61. The molecule has 2 aromatic rings. The van der Waals surface area contributed by atoms with Gasteiger partial charge in [0.05, 0.1) is 22.3 Å². The first-order chi connectivity index (χ1) is 11.4. The average Bonchev–Trinajstić information content (AvgIpc) is 3.18. The molecule has 8 heteroatoms. The average molecular weight is 368 g/mol. The lowest BCUT2D eigenvalue weighted by Crippen LogP contribution is -2.43. The minimum Gasteiger partial charge on any atom is -0.338 e. The number of aromatic nitrogens is 2. The Morgan fingerprint density at radius 2 is 2.12 bits per heavy atom. The Labute approximate surface area is 150 Å². The van der Waals surface area contributed by atoms with Gasteiger partial charge in [-0.3, -0.25) is 9.48 Å². The van der Waals surface area contributed by atoms with E-state index < -0.39 is 0 Å². The zero-order chi connectivity index (χ0) is 17.3. The fraction of sp³-hybridized carbons (Fsp3) is 0.375. The van der Waals surface area contributed by atoms with Crippen LogP contribution in [0.3, 0.4) is 0 Å². The summed E-state index contributed by atoms with van der Waals surface area (Å²) in [6.45, 7) is 0.481. The van der Waals surface area contributed by atoms with Crippen molar-refractivity contribution in [1.29, 1.82) is 0 Å². The highest BCUT2D eigenvalue weighted by atomic mass is 35.5. The molecule has 1 saturated heterocycles. The molecule has 1 amide bonds. The molecule has 0 radical (unpaired) electrons. The Kier molecular flexibility index (Phi) is 5.10. The molecule has 1 aromatic heterocycles. The second kappa shape index (κ2) is 7.11. The number of rotatable bonds is 4. The van der Waals surface area contributed by atoms with E-state index >= 15 is 0 Å². The molecule has 2 atom stereocenters. The molecule has 128 valence electrons. The molecule has 3 rings (SSSR count). The smallest absolute Gasteiger partial charge is 0.241 e. The highest BCUT2D eigenvalue weighted by Gasteiger charge is 2.32. The summed E-state index contributed by atoms with van der Waals surface area (Å²) in [4.78, 5) is 14.3. The van der Waals surface area contributed by atoms with Gasteiger partial charge in [0.2, 0.25) is 5.91 Å². The van der Waals surface area contributed by atoms with Gasteiger partial charge in [-0.25, -0.2) is 10.9 Å². The van der Waals surface area contributed by atoms with Crippen LogP contribution in [0.15, 0.2) is 30.5 Å². The van der Waals surface area contributed by atoms with Crippen molar-refractivity contribution in [3.63, 3.8) is 0 Å². The number of hydrazine groups is 1. The number of carbonyl (C=O) groups is 1. The van der Waals surface area contributed by atoms with Crippen LogP contribution in [0.25, 0.3) is 0 Å². The number of hydrogen-bond donors (Lipinski definition) is 2. The van der Waals surface area contributed by atoms with Crippen molar-refractivity contribution < 1.29 is 4.79 Å². The van der Waals surface area contributed by atoms with Crippen molar-refractivity contribution in [3.05, 3.63) is 51.8 Å². The summed E-state index contributed by atoms with van der Waals surface area (Å²) in [7, 11) is 3.64. The molecule has 6 nitrogen and oxygen atoms in total. The molecule has 2 unspecified atom stereocenters. The first-order valence-electron chi connectivity index (χ1n) is 7.63. The maximum atomic E-state index is 12.6. The predicted octanol–water partition coefficient (Wildman–Crippen LogP) is 2.29. The lowest BCUT2D eigenvalue weighted by atomic mass is 10.0. The van der Waals surface area contributed by atoms with Crippen molar-refractivity contribution in [1.82, 2.24) is 25.5 Å². The van der Waals surface area contributed by atoms with Gasteiger partial charge in [-0.2, -0.15) is 5.10 Å². The minimum atomic E-state index is -0.293. The Hall–Kier alpha value is -1.60. The van der Waals surface area contributed by atoms with Gasteiger partial charge in [-0.1, -0.05) is 29.3 Å². The zero-order valence-corrected chi connectivity index (χ0v) is 15.0. The molecule has 0 spiro atoms. The largest absolute Gasteiger partial charge is 0.338 e. The fourth-order valence-electron chi connectivity index (χ4n) is 2.80. The van der Waals surface area contributed by atoms with Crippen molar-refractivity contribution >= 4 is 29.1 Å². The van der Waals surface area contributed by atoms with E-state index in [2.05, 4.69) is 16.0 Å². The number of hydrogen-bond acceptors (Lipinski definition) is 4. The van der Waals surface area contributed by atoms with E-state index in [1.54, 1.807) is 22.7 Å². The third kappa shape index (κ3) is 3.72. The van der Waals surface area contributed by atoms with Crippen LogP contribution in [0.4, 0.5) is 0 Å². The molecule has 0 aliphatic carbocycles. The van der Waals surface area contributed by atoms with Gasteiger partial charge in [0, 0.05) is 26.3 Å². The second-order valence-corrected chi connectivity index (χ2v) is 6.79. The van der Waals surface area contributed by atoms with Crippen LogP contribution < -0.4 is 10.9 Å². The number of nitrogens with one attached hydrogen (secondary N) is 2. The first-order valence-corrected chi connectivity index (χ1v) is 8.39. The van der Waals surface area contributed by atoms with Crippen LogP contribution >= 0.6 is 23.2 Å². The SMILES string of the molecule is CN(Cc1ccn(C)n1)C(=O)C1CC(c2ccc(Cl)c(Cl)c2)NN1. The summed E-state index contributed by atoms with van der Waals surface area (Å²) < 4.78 is 1.73. The van der Waals surface area contributed by atoms with E-state index in [1.807, 2.05) is 31.4 Å². The summed E-state index contributed by atoms with van der Waals surface area (Å²) in [5, 5.41) is 5.33. The lowest BCUT2D eigenvalue weighted by Gasteiger charge is -2.19. The number of amides is 1. The molecular formula is C16H19Cl2N5O. The number of nitrogens with zero attached hydrogens (tertiary/aromatic N) is 3. The molecule has 1 fully saturated rings. The predicted molar refractivity (Wildman–Crippen MR) is 93.6 cm³/mol. The molecule has 2 N–H and O–H groups in total. The number of likely N-dealkylation sites (N-methyl/N-ethyl adjacent to an activating group) is 1. The molecular weight excluding hydrogens is 349 g/mol.